The molecule has 1 aromatic carbocycles. The van der Waals surface area contributed by atoms with Gasteiger partial charge in [-0.3, -0.25) is 9.59 Å². The van der Waals surface area contributed by atoms with Crippen LogP contribution in [0.15, 0.2) is 24.3 Å². The Morgan fingerprint density at radius 1 is 1.29 bits per heavy atom. The zero-order valence-corrected chi connectivity index (χ0v) is 9.51. The topological polar surface area (TPSA) is 86.6 Å². The molecule has 0 fully saturated rings. The molecule has 0 radical (unpaired) electrons. The van der Waals surface area contributed by atoms with Crippen LogP contribution in [0, 0.1) is 0 Å². The van der Waals surface area contributed by atoms with E-state index in [0.717, 1.165) is 0 Å². The summed E-state index contributed by atoms with van der Waals surface area (Å²) in [6.45, 7) is 1.75. The lowest BCUT2D eigenvalue weighted by Gasteiger charge is -2.09. The molecular weight excluding hydrogens is 222 g/mol. The maximum atomic E-state index is 11.1. The van der Waals surface area contributed by atoms with Crippen molar-refractivity contribution < 1.29 is 19.8 Å². The molecular formula is C12H15NO4. The van der Waals surface area contributed by atoms with E-state index in [2.05, 4.69) is 5.32 Å². The second-order valence-corrected chi connectivity index (χ2v) is 3.64. The number of carboxylic acids is 1. The lowest BCUT2D eigenvalue weighted by atomic mass is 10.1. The minimum Gasteiger partial charge on any atom is -0.481 e. The summed E-state index contributed by atoms with van der Waals surface area (Å²) in [6, 6.07) is 6.46. The molecule has 5 heteroatoms. The van der Waals surface area contributed by atoms with Gasteiger partial charge in [0.05, 0.1) is 12.5 Å². The molecule has 17 heavy (non-hydrogen) atoms. The molecule has 1 amide bonds. The highest BCUT2D eigenvalue weighted by atomic mass is 16.4. The van der Waals surface area contributed by atoms with Gasteiger partial charge in [-0.05, 0) is 17.7 Å². The Morgan fingerprint density at radius 2 is 1.88 bits per heavy atom. The third kappa shape index (κ3) is 4.24. The molecule has 0 aliphatic carbocycles. The van der Waals surface area contributed by atoms with E-state index in [9.17, 15) is 14.7 Å². The Bertz CT molecular complexity index is 399. The van der Waals surface area contributed by atoms with Crippen molar-refractivity contribution in [1.82, 2.24) is 0 Å². The van der Waals surface area contributed by atoms with E-state index in [4.69, 9.17) is 5.11 Å². The highest BCUT2D eigenvalue weighted by Crippen LogP contribution is 2.19. The fourth-order valence-electron chi connectivity index (χ4n) is 1.32. The van der Waals surface area contributed by atoms with Crippen molar-refractivity contribution in [2.45, 2.75) is 25.9 Å². The molecule has 0 spiro atoms. The van der Waals surface area contributed by atoms with Gasteiger partial charge in [-0.2, -0.15) is 0 Å². The monoisotopic (exact) mass is 237 g/mol. The summed E-state index contributed by atoms with van der Waals surface area (Å²) >= 11 is 0. The second kappa shape index (κ2) is 6.00. The maximum absolute atomic E-state index is 11.1. The summed E-state index contributed by atoms with van der Waals surface area (Å²) in [7, 11) is 0. The van der Waals surface area contributed by atoms with Gasteiger partial charge in [0.1, 0.15) is 0 Å². The number of aliphatic carboxylic acids is 1. The van der Waals surface area contributed by atoms with Crippen LogP contribution in [0.25, 0.3) is 0 Å². The maximum Gasteiger partial charge on any atom is 0.306 e. The van der Waals surface area contributed by atoms with Gasteiger partial charge in [-0.15, -0.1) is 0 Å². The molecule has 0 aliphatic heterocycles. The number of nitrogens with one attached hydrogen (secondary N) is 1. The van der Waals surface area contributed by atoms with E-state index in [0.29, 0.717) is 17.7 Å². The van der Waals surface area contributed by atoms with Crippen LogP contribution in [0.1, 0.15) is 31.4 Å². The van der Waals surface area contributed by atoms with Crippen LogP contribution in [0.5, 0.6) is 0 Å². The van der Waals surface area contributed by atoms with Crippen LogP contribution in [0.3, 0.4) is 0 Å². The van der Waals surface area contributed by atoms with E-state index >= 15 is 0 Å². The zero-order valence-electron chi connectivity index (χ0n) is 9.51. The predicted molar refractivity (Wildman–Crippen MR) is 62.6 cm³/mol. The second-order valence-electron chi connectivity index (χ2n) is 3.64. The number of aliphatic hydroxyl groups is 1. The molecule has 0 aliphatic rings. The van der Waals surface area contributed by atoms with Crippen molar-refractivity contribution in [2.24, 2.45) is 0 Å². The fourth-order valence-corrected chi connectivity index (χ4v) is 1.32. The first-order chi connectivity index (χ1) is 8.02. The van der Waals surface area contributed by atoms with Crippen molar-refractivity contribution in [3.05, 3.63) is 29.8 Å². The minimum atomic E-state index is -1.05. The van der Waals surface area contributed by atoms with E-state index in [1.807, 2.05) is 0 Å². The molecule has 0 saturated heterocycles. The first-order valence-corrected chi connectivity index (χ1v) is 5.32. The van der Waals surface area contributed by atoms with E-state index in [-0.39, 0.29) is 12.3 Å². The number of carbonyl (C=O) groups excluding carboxylic acids is 1. The molecule has 1 atom stereocenters. The highest BCUT2D eigenvalue weighted by molar-refractivity contribution is 5.90. The summed E-state index contributed by atoms with van der Waals surface area (Å²) in [4.78, 5) is 21.5. The summed E-state index contributed by atoms with van der Waals surface area (Å²) in [5.41, 5.74) is 1.14. The van der Waals surface area contributed by atoms with Crippen LogP contribution in [0.4, 0.5) is 5.69 Å². The van der Waals surface area contributed by atoms with Gasteiger partial charge in [0.2, 0.25) is 5.91 Å². The SMILES string of the molecule is CCC(=O)Nc1ccc(C(O)CC(=O)O)cc1. The lowest BCUT2D eigenvalue weighted by Crippen LogP contribution is -2.10. The summed E-state index contributed by atoms with van der Waals surface area (Å²) < 4.78 is 0. The minimum absolute atomic E-state index is 0.0937. The van der Waals surface area contributed by atoms with Gasteiger partial charge in [0, 0.05) is 12.1 Å². The highest BCUT2D eigenvalue weighted by Gasteiger charge is 2.11. The number of hydrogen-bond donors (Lipinski definition) is 3. The van der Waals surface area contributed by atoms with Crippen LogP contribution < -0.4 is 5.32 Å². The summed E-state index contributed by atoms with van der Waals surface area (Å²) in [6.07, 6.45) is -0.965. The quantitative estimate of drug-likeness (QED) is 0.725. The number of aliphatic hydroxyl groups excluding tert-OH is 1. The van der Waals surface area contributed by atoms with Crippen molar-refractivity contribution in [3.8, 4) is 0 Å². The third-order valence-corrected chi connectivity index (χ3v) is 2.27. The zero-order chi connectivity index (χ0) is 12.8. The average molecular weight is 237 g/mol. The largest absolute Gasteiger partial charge is 0.481 e. The third-order valence-electron chi connectivity index (χ3n) is 2.27. The summed E-state index contributed by atoms with van der Waals surface area (Å²) in [5, 5.41) is 20.7. The van der Waals surface area contributed by atoms with Gasteiger partial charge in [0.15, 0.2) is 0 Å². The molecule has 0 aromatic heterocycles. The number of carbonyl (C=O) groups is 2. The lowest BCUT2D eigenvalue weighted by molar-refractivity contribution is -0.139. The standard InChI is InChI=1S/C12H15NO4/c1-2-11(15)13-9-5-3-8(4-6-9)10(14)7-12(16)17/h3-6,10,14H,2,7H2,1H3,(H,13,15)(H,16,17). The average Bonchev–Trinajstić information content (AvgIpc) is 2.28. The Labute approximate surface area is 99.1 Å². The Kier molecular flexibility index (Phi) is 4.66. The Balaban J connectivity index is 2.67. The van der Waals surface area contributed by atoms with E-state index in [1.165, 1.54) is 0 Å². The number of amides is 1. The van der Waals surface area contributed by atoms with Gasteiger partial charge in [-0.1, -0.05) is 19.1 Å². The smallest absolute Gasteiger partial charge is 0.306 e. The number of anilines is 1. The van der Waals surface area contributed by atoms with Crippen molar-refractivity contribution >= 4 is 17.6 Å². The molecule has 0 bridgehead atoms. The summed E-state index contributed by atoms with van der Waals surface area (Å²) in [5.74, 6) is -1.15. The van der Waals surface area contributed by atoms with E-state index < -0.39 is 12.1 Å². The number of carboxylic acid groups (broad SMARTS) is 1. The van der Waals surface area contributed by atoms with Crippen molar-refractivity contribution in [1.29, 1.82) is 0 Å². The van der Waals surface area contributed by atoms with Gasteiger partial charge >= 0.3 is 5.97 Å². The first kappa shape index (κ1) is 13.2. The first-order valence-electron chi connectivity index (χ1n) is 5.32. The van der Waals surface area contributed by atoms with Crippen molar-refractivity contribution in [3.63, 3.8) is 0 Å². The van der Waals surface area contributed by atoms with E-state index in [1.54, 1.807) is 31.2 Å². The molecule has 3 N–H and O–H groups in total. The van der Waals surface area contributed by atoms with Crippen LogP contribution in [-0.4, -0.2) is 22.1 Å². The molecule has 92 valence electrons. The normalized spacial score (nSPS) is 11.9. The number of rotatable bonds is 5. The van der Waals surface area contributed by atoms with Gasteiger partial charge in [0.25, 0.3) is 0 Å². The molecule has 1 rings (SSSR count). The van der Waals surface area contributed by atoms with Crippen LogP contribution in [0.2, 0.25) is 0 Å². The molecule has 1 aromatic rings. The van der Waals surface area contributed by atoms with Crippen LogP contribution in [-0.2, 0) is 9.59 Å². The Hall–Kier alpha value is -1.88. The fraction of sp³-hybridized carbons (Fsp3) is 0.333. The molecule has 0 heterocycles. The predicted octanol–water partition coefficient (Wildman–Crippen LogP) is 1.54. The van der Waals surface area contributed by atoms with Gasteiger partial charge < -0.3 is 15.5 Å². The molecule has 0 saturated carbocycles. The van der Waals surface area contributed by atoms with Gasteiger partial charge in [-0.25, -0.2) is 0 Å². The molecule has 5 nitrogen and oxygen atoms in total. The van der Waals surface area contributed by atoms with Crippen LogP contribution >= 0.6 is 0 Å². The Morgan fingerprint density at radius 3 is 2.35 bits per heavy atom. The number of hydrogen-bond acceptors (Lipinski definition) is 3. The molecule has 1 unspecified atom stereocenters. The van der Waals surface area contributed by atoms with Crippen molar-refractivity contribution in [2.75, 3.05) is 5.32 Å². The number of benzene rings is 1.